The molecule has 0 fully saturated rings. The molecule has 0 amide bonds. The average molecular weight is 223 g/mol. The Morgan fingerprint density at radius 3 is 2.93 bits per heavy atom. The zero-order valence-corrected chi connectivity index (χ0v) is 8.49. The van der Waals surface area contributed by atoms with Crippen molar-refractivity contribution in [3.63, 3.8) is 0 Å². The molecule has 0 radical (unpaired) electrons. The number of hydrogen-bond acceptors (Lipinski definition) is 4. The normalized spacial score (nSPS) is 10.1. The number of phenols is 1. The van der Waals surface area contributed by atoms with Crippen molar-refractivity contribution in [3.8, 4) is 5.75 Å². The number of nitrogens with one attached hydrogen (secondary N) is 1. The van der Waals surface area contributed by atoms with Crippen LogP contribution in [0.4, 0.5) is 0 Å². The lowest BCUT2D eigenvalue weighted by atomic mass is 10.1. The van der Waals surface area contributed by atoms with Gasteiger partial charge in [-0.05, 0) is 24.4 Å². The molecule has 0 bridgehead atoms. The molecular formula is C9H9N3O2S. The summed E-state index contributed by atoms with van der Waals surface area (Å²) in [5.41, 5.74) is 7.69. The van der Waals surface area contributed by atoms with Crippen molar-refractivity contribution in [1.82, 2.24) is 5.43 Å². The Labute approximate surface area is 91.6 Å². The number of hydrazone groups is 1. The molecule has 1 aromatic rings. The summed E-state index contributed by atoms with van der Waals surface area (Å²) in [4.78, 5) is 11.4. The van der Waals surface area contributed by atoms with Crippen molar-refractivity contribution in [2.45, 2.75) is 0 Å². The van der Waals surface area contributed by atoms with Crippen molar-refractivity contribution in [2.75, 3.05) is 0 Å². The van der Waals surface area contributed by atoms with E-state index in [1.54, 1.807) is 12.1 Å². The smallest absolute Gasteiger partial charge is 0.205 e. The second-order valence-electron chi connectivity index (χ2n) is 2.65. The number of carbonyl (C=O) groups is 1. The predicted molar refractivity (Wildman–Crippen MR) is 60.9 cm³/mol. The molecule has 0 heterocycles. The first-order chi connectivity index (χ1) is 7.09. The number of carbonyl (C=O) groups excluding carboxylic acids is 1. The molecule has 1 rings (SSSR count). The number of phenolic OH excluding ortho intramolecular Hbond substituents is 1. The number of ketones is 1. The van der Waals surface area contributed by atoms with Crippen LogP contribution in [0, 0.1) is 0 Å². The molecule has 15 heavy (non-hydrogen) atoms. The Hall–Kier alpha value is -1.95. The molecule has 0 saturated carbocycles. The lowest BCUT2D eigenvalue weighted by molar-refractivity contribution is 0.107. The van der Waals surface area contributed by atoms with Crippen LogP contribution < -0.4 is 11.2 Å². The maximum atomic E-state index is 11.4. The van der Waals surface area contributed by atoms with E-state index in [0.717, 1.165) is 6.21 Å². The molecule has 0 unspecified atom stereocenters. The van der Waals surface area contributed by atoms with E-state index in [1.807, 2.05) is 0 Å². The maximum absolute atomic E-state index is 11.4. The van der Waals surface area contributed by atoms with Crippen molar-refractivity contribution in [3.05, 3.63) is 29.8 Å². The standard InChI is InChI=1S/C9H9N3O2S/c10-9(15)12-11-5-8(14)6-2-1-3-7(13)4-6/h1-5,13H,(H3,10,12,15)/b11-5-. The number of benzene rings is 1. The lowest BCUT2D eigenvalue weighted by Gasteiger charge is -1.96. The van der Waals surface area contributed by atoms with E-state index >= 15 is 0 Å². The summed E-state index contributed by atoms with van der Waals surface area (Å²) in [6.07, 6.45) is 1.04. The van der Waals surface area contributed by atoms with Crippen molar-refractivity contribution in [2.24, 2.45) is 10.8 Å². The molecule has 6 heteroatoms. The summed E-state index contributed by atoms with van der Waals surface area (Å²) in [6.45, 7) is 0. The van der Waals surface area contributed by atoms with Gasteiger partial charge in [0.15, 0.2) is 5.11 Å². The van der Waals surface area contributed by atoms with Crippen LogP contribution in [0.1, 0.15) is 10.4 Å². The molecule has 0 aliphatic rings. The molecule has 0 aliphatic carbocycles. The van der Waals surface area contributed by atoms with E-state index in [4.69, 9.17) is 10.8 Å². The van der Waals surface area contributed by atoms with Gasteiger partial charge < -0.3 is 10.8 Å². The molecule has 4 N–H and O–H groups in total. The highest BCUT2D eigenvalue weighted by molar-refractivity contribution is 7.80. The van der Waals surface area contributed by atoms with Gasteiger partial charge in [0, 0.05) is 5.56 Å². The Morgan fingerprint density at radius 2 is 2.33 bits per heavy atom. The highest BCUT2D eigenvalue weighted by atomic mass is 32.1. The summed E-state index contributed by atoms with van der Waals surface area (Å²) < 4.78 is 0. The Balaban J connectivity index is 2.69. The van der Waals surface area contributed by atoms with Gasteiger partial charge in [-0.2, -0.15) is 5.10 Å². The van der Waals surface area contributed by atoms with Crippen LogP contribution in [0.2, 0.25) is 0 Å². The fraction of sp³-hybridized carbons (Fsp3) is 0. The fourth-order valence-corrected chi connectivity index (χ4v) is 0.941. The first kappa shape index (κ1) is 11.1. The zero-order chi connectivity index (χ0) is 11.3. The number of Topliss-reactive ketones (excluding diaryl/α,β-unsaturated/α-hetero) is 1. The Morgan fingerprint density at radius 1 is 1.60 bits per heavy atom. The second kappa shape index (κ2) is 5.06. The minimum absolute atomic E-state index is 0.0186. The molecule has 1 aromatic carbocycles. The summed E-state index contributed by atoms with van der Waals surface area (Å²) in [7, 11) is 0. The van der Waals surface area contributed by atoms with Gasteiger partial charge in [0.05, 0.1) is 6.21 Å². The molecule has 78 valence electrons. The second-order valence-corrected chi connectivity index (χ2v) is 3.09. The van der Waals surface area contributed by atoms with Crippen molar-refractivity contribution < 1.29 is 9.90 Å². The quantitative estimate of drug-likeness (QED) is 0.299. The molecule has 0 spiro atoms. The molecule has 0 aliphatic heterocycles. The van der Waals surface area contributed by atoms with Gasteiger partial charge >= 0.3 is 0 Å². The molecule has 0 atom stereocenters. The third-order valence-corrected chi connectivity index (χ3v) is 1.58. The van der Waals surface area contributed by atoms with Gasteiger partial charge in [0.2, 0.25) is 5.78 Å². The molecular weight excluding hydrogens is 214 g/mol. The molecule has 0 saturated heterocycles. The summed E-state index contributed by atoms with van der Waals surface area (Å²) >= 11 is 4.49. The minimum Gasteiger partial charge on any atom is -0.508 e. The lowest BCUT2D eigenvalue weighted by Crippen LogP contribution is -2.24. The zero-order valence-electron chi connectivity index (χ0n) is 7.68. The van der Waals surface area contributed by atoms with Gasteiger partial charge in [0.25, 0.3) is 0 Å². The van der Waals surface area contributed by atoms with Crippen LogP contribution in [0.5, 0.6) is 5.75 Å². The molecule has 0 aromatic heterocycles. The summed E-state index contributed by atoms with van der Waals surface area (Å²) in [5, 5.41) is 12.6. The van der Waals surface area contributed by atoms with E-state index in [9.17, 15) is 4.79 Å². The van der Waals surface area contributed by atoms with Gasteiger partial charge in [0.1, 0.15) is 5.75 Å². The monoisotopic (exact) mass is 223 g/mol. The highest BCUT2D eigenvalue weighted by Crippen LogP contribution is 2.10. The topological polar surface area (TPSA) is 87.7 Å². The highest BCUT2D eigenvalue weighted by Gasteiger charge is 2.02. The fourth-order valence-electron chi connectivity index (χ4n) is 0.888. The van der Waals surface area contributed by atoms with Gasteiger partial charge in [-0.25, -0.2) is 0 Å². The van der Waals surface area contributed by atoms with Crippen LogP contribution in [-0.2, 0) is 0 Å². The largest absolute Gasteiger partial charge is 0.508 e. The van der Waals surface area contributed by atoms with Gasteiger partial charge in [-0.3, -0.25) is 10.2 Å². The Kier molecular flexibility index (Phi) is 3.75. The Bertz CT molecular complexity index is 418. The predicted octanol–water partition coefficient (Wildman–Crippen LogP) is 0.394. The third-order valence-electron chi connectivity index (χ3n) is 1.49. The third kappa shape index (κ3) is 3.74. The van der Waals surface area contributed by atoms with E-state index in [0.29, 0.717) is 5.56 Å². The number of thiocarbonyl (C=S) groups is 1. The summed E-state index contributed by atoms with van der Waals surface area (Å²) in [5.74, 6) is -0.328. The van der Waals surface area contributed by atoms with E-state index < -0.39 is 0 Å². The first-order valence-electron chi connectivity index (χ1n) is 4.01. The van der Waals surface area contributed by atoms with Crippen LogP contribution in [0.15, 0.2) is 29.4 Å². The average Bonchev–Trinajstić information content (AvgIpc) is 2.17. The van der Waals surface area contributed by atoms with E-state index in [2.05, 4.69) is 22.7 Å². The van der Waals surface area contributed by atoms with Crippen molar-refractivity contribution >= 4 is 29.3 Å². The van der Waals surface area contributed by atoms with Crippen molar-refractivity contribution in [1.29, 1.82) is 0 Å². The molecule has 5 nitrogen and oxygen atoms in total. The number of hydrogen-bond donors (Lipinski definition) is 3. The van der Waals surface area contributed by atoms with Crippen LogP contribution in [0.25, 0.3) is 0 Å². The van der Waals surface area contributed by atoms with Crippen LogP contribution in [0.3, 0.4) is 0 Å². The summed E-state index contributed by atoms with van der Waals surface area (Å²) in [6, 6.07) is 5.95. The SMILES string of the molecule is NC(=S)N/N=C\C(=O)c1cccc(O)c1. The van der Waals surface area contributed by atoms with E-state index in [-0.39, 0.29) is 16.6 Å². The number of aromatic hydroxyl groups is 1. The number of nitrogens with zero attached hydrogens (tertiary/aromatic N) is 1. The minimum atomic E-state index is -0.352. The van der Waals surface area contributed by atoms with Crippen LogP contribution >= 0.6 is 12.2 Å². The van der Waals surface area contributed by atoms with Gasteiger partial charge in [-0.15, -0.1) is 0 Å². The number of rotatable bonds is 3. The van der Waals surface area contributed by atoms with E-state index in [1.165, 1.54) is 12.1 Å². The van der Waals surface area contributed by atoms with Crippen LogP contribution in [-0.4, -0.2) is 22.2 Å². The maximum Gasteiger partial charge on any atom is 0.205 e. The first-order valence-corrected chi connectivity index (χ1v) is 4.42. The number of nitrogens with two attached hydrogens (primary N) is 1. The van der Waals surface area contributed by atoms with Gasteiger partial charge in [-0.1, -0.05) is 12.1 Å².